The van der Waals surface area contributed by atoms with Crippen molar-refractivity contribution in [2.75, 3.05) is 26.2 Å². The molecule has 2 aromatic heterocycles. The maximum absolute atomic E-state index is 12.5. The molecule has 0 radical (unpaired) electrons. The SMILES string of the molecule is Cn1cc(CCN2CCC(C(=O)NCC3CCCCC3)CC2)c2cccnc21. The number of carbonyl (C=O) groups excluding carboxylic acids is 1. The fraction of sp³-hybridized carbons (Fsp3) is 0.652. The number of piperidine rings is 1. The summed E-state index contributed by atoms with van der Waals surface area (Å²) in [5, 5.41) is 4.52. The molecule has 28 heavy (non-hydrogen) atoms. The number of amides is 1. The molecule has 1 saturated heterocycles. The maximum atomic E-state index is 12.5. The van der Waals surface area contributed by atoms with Gasteiger partial charge >= 0.3 is 0 Å². The lowest BCUT2D eigenvalue weighted by Gasteiger charge is -2.31. The third-order valence-electron chi connectivity index (χ3n) is 6.76. The van der Waals surface area contributed by atoms with Gasteiger partial charge in [0.2, 0.25) is 5.91 Å². The number of carbonyl (C=O) groups is 1. The van der Waals surface area contributed by atoms with E-state index in [1.54, 1.807) is 0 Å². The van der Waals surface area contributed by atoms with Crippen molar-refractivity contribution in [3.8, 4) is 0 Å². The predicted octanol–water partition coefficient (Wildman–Crippen LogP) is 3.52. The highest BCUT2D eigenvalue weighted by Gasteiger charge is 2.25. The lowest BCUT2D eigenvalue weighted by molar-refractivity contribution is -0.126. The molecule has 1 aliphatic heterocycles. The van der Waals surface area contributed by atoms with Gasteiger partial charge in [-0.3, -0.25) is 4.79 Å². The van der Waals surface area contributed by atoms with E-state index in [4.69, 9.17) is 0 Å². The second kappa shape index (κ2) is 9.08. The summed E-state index contributed by atoms with van der Waals surface area (Å²) in [5.74, 6) is 1.22. The van der Waals surface area contributed by atoms with Crippen LogP contribution in [0.2, 0.25) is 0 Å². The number of rotatable bonds is 6. The van der Waals surface area contributed by atoms with Crippen LogP contribution in [0.25, 0.3) is 11.0 Å². The van der Waals surface area contributed by atoms with Gasteiger partial charge < -0.3 is 14.8 Å². The third kappa shape index (κ3) is 4.57. The van der Waals surface area contributed by atoms with E-state index in [1.807, 2.05) is 12.3 Å². The van der Waals surface area contributed by atoms with Crippen LogP contribution in [-0.4, -0.2) is 46.5 Å². The third-order valence-corrected chi connectivity index (χ3v) is 6.76. The molecule has 1 aliphatic carbocycles. The van der Waals surface area contributed by atoms with Crippen molar-refractivity contribution >= 4 is 16.9 Å². The molecule has 0 atom stereocenters. The van der Waals surface area contributed by atoms with E-state index >= 15 is 0 Å². The van der Waals surface area contributed by atoms with E-state index in [-0.39, 0.29) is 5.92 Å². The lowest BCUT2D eigenvalue weighted by Crippen LogP contribution is -2.42. The minimum atomic E-state index is 0.210. The van der Waals surface area contributed by atoms with Crippen LogP contribution in [0, 0.1) is 11.8 Å². The maximum Gasteiger partial charge on any atom is 0.223 e. The van der Waals surface area contributed by atoms with Crippen LogP contribution in [0.4, 0.5) is 0 Å². The molecule has 2 aromatic rings. The van der Waals surface area contributed by atoms with E-state index in [2.05, 4.69) is 39.1 Å². The highest BCUT2D eigenvalue weighted by Crippen LogP contribution is 2.24. The number of likely N-dealkylation sites (tertiary alicyclic amines) is 1. The molecule has 4 rings (SSSR count). The summed E-state index contributed by atoms with van der Waals surface area (Å²) in [6.07, 6.45) is 13.7. The Morgan fingerprint density at radius 1 is 1.18 bits per heavy atom. The van der Waals surface area contributed by atoms with Crippen LogP contribution in [-0.2, 0) is 18.3 Å². The summed E-state index contributed by atoms with van der Waals surface area (Å²) in [7, 11) is 2.07. The molecule has 3 heterocycles. The number of nitrogens with zero attached hydrogens (tertiary/aromatic N) is 3. The Balaban J connectivity index is 1.21. The zero-order valence-corrected chi connectivity index (χ0v) is 17.2. The van der Waals surface area contributed by atoms with Gasteiger partial charge in [-0.2, -0.15) is 0 Å². The molecule has 2 aliphatic rings. The minimum absolute atomic E-state index is 0.210. The average molecular weight is 383 g/mol. The van der Waals surface area contributed by atoms with Crippen LogP contribution >= 0.6 is 0 Å². The second-order valence-electron chi connectivity index (χ2n) is 8.75. The van der Waals surface area contributed by atoms with Crippen molar-refractivity contribution < 1.29 is 4.79 Å². The average Bonchev–Trinajstić information content (AvgIpc) is 3.07. The monoisotopic (exact) mass is 382 g/mol. The summed E-state index contributed by atoms with van der Waals surface area (Å²) in [6.45, 7) is 4.02. The van der Waals surface area contributed by atoms with Crippen LogP contribution < -0.4 is 5.32 Å². The fourth-order valence-corrected chi connectivity index (χ4v) is 4.97. The van der Waals surface area contributed by atoms with Gasteiger partial charge in [0, 0.05) is 43.8 Å². The van der Waals surface area contributed by atoms with Crippen molar-refractivity contribution in [2.45, 2.75) is 51.4 Å². The van der Waals surface area contributed by atoms with Crippen molar-refractivity contribution in [3.63, 3.8) is 0 Å². The van der Waals surface area contributed by atoms with Crippen LogP contribution in [0.15, 0.2) is 24.5 Å². The Morgan fingerprint density at radius 3 is 2.75 bits per heavy atom. The van der Waals surface area contributed by atoms with Gasteiger partial charge in [-0.25, -0.2) is 4.98 Å². The van der Waals surface area contributed by atoms with Gasteiger partial charge in [-0.05, 0) is 68.8 Å². The molecule has 1 saturated carbocycles. The van der Waals surface area contributed by atoms with E-state index in [0.29, 0.717) is 11.8 Å². The van der Waals surface area contributed by atoms with Crippen LogP contribution in [0.1, 0.15) is 50.5 Å². The molecule has 5 heteroatoms. The Hall–Kier alpha value is -1.88. The number of aromatic nitrogens is 2. The van der Waals surface area contributed by atoms with Crippen molar-refractivity contribution in [1.82, 2.24) is 19.8 Å². The first-order chi connectivity index (χ1) is 13.7. The minimum Gasteiger partial charge on any atom is -0.356 e. The molecule has 1 amide bonds. The van der Waals surface area contributed by atoms with Gasteiger partial charge in [-0.1, -0.05) is 19.3 Å². The molecule has 2 fully saturated rings. The highest BCUT2D eigenvalue weighted by molar-refractivity contribution is 5.80. The summed E-state index contributed by atoms with van der Waals surface area (Å²) >= 11 is 0. The Bertz CT molecular complexity index is 785. The van der Waals surface area contributed by atoms with E-state index in [0.717, 1.165) is 51.1 Å². The number of hydrogen-bond acceptors (Lipinski definition) is 3. The largest absolute Gasteiger partial charge is 0.356 e. The van der Waals surface area contributed by atoms with Crippen LogP contribution in [0.3, 0.4) is 0 Å². The van der Waals surface area contributed by atoms with E-state index in [1.165, 1.54) is 43.1 Å². The predicted molar refractivity (Wildman–Crippen MR) is 113 cm³/mol. The Kier molecular flexibility index (Phi) is 6.30. The highest BCUT2D eigenvalue weighted by atomic mass is 16.1. The normalized spacial score (nSPS) is 19.9. The fourth-order valence-electron chi connectivity index (χ4n) is 4.97. The van der Waals surface area contributed by atoms with Crippen LogP contribution in [0.5, 0.6) is 0 Å². The number of pyridine rings is 1. The number of fused-ring (bicyclic) bond motifs is 1. The topological polar surface area (TPSA) is 50.2 Å². The molecule has 0 unspecified atom stereocenters. The van der Waals surface area contributed by atoms with Gasteiger partial charge in [-0.15, -0.1) is 0 Å². The van der Waals surface area contributed by atoms with Gasteiger partial charge in [0.05, 0.1) is 0 Å². The Labute approximate surface area is 168 Å². The first kappa shape index (κ1) is 19.4. The summed E-state index contributed by atoms with van der Waals surface area (Å²) in [6, 6.07) is 4.18. The molecule has 5 nitrogen and oxygen atoms in total. The Morgan fingerprint density at radius 2 is 1.96 bits per heavy atom. The lowest BCUT2D eigenvalue weighted by atomic mass is 9.89. The first-order valence-electron chi connectivity index (χ1n) is 11.1. The summed E-state index contributed by atoms with van der Waals surface area (Å²) < 4.78 is 2.12. The van der Waals surface area contributed by atoms with Gasteiger partial charge in [0.25, 0.3) is 0 Å². The number of nitrogens with one attached hydrogen (secondary N) is 1. The zero-order chi connectivity index (χ0) is 19.3. The van der Waals surface area contributed by atoms with Gasteiger partial charge in [0.1, 0.15) is 5.65 Å². The van der Waals surface area contributed by atoms with Gasteiger partial charge in [0.15, 0.2) is 0 Å². The quantitative estimate of drug-likeness (QED) is 0.832. The molecule has 1 N–H and O–H groups in total. The number of aryl methyl sites for hydroxylation is 1. The molecular formula is C23H34N4O. The molecule has 0 aromatic carbocycles. The second-order valence-corrected chi connectivity index (χ2v) is 8.75. The first-order valence-corrected chi connectivity index (χ1v) is 11.1. The molecular weight excluding hydrogens is 348 g/mol. The summed E-state index contributed by atoms with van der Waals surface area (Å²) in [4.78, 5) is 19.5. The van der Waals surface area contributed by atoms with E-state index in [9.17, 15) is 4.79 Å². The van der Waals surface area contributed by atoms with Crippen molar-refractivity contribution in [3.05, 3.63) is 30.1 Å². The number of hydrogen-bond donors (Lipinski definition) is 1. The van der Waals surface area contributed by atoms with Crippen molar-refractivity contribution in [2.24, 2.45) is 18.9 Å². The smallest absolute Gasteiger partial charge is 0.223 e. The molecule has 0 bridgehead atoms. The molecule has 0 spiro atoms. The summed E-state index contributed by atoms with van der Waals surface area (Å²) in [5.41, 5.74) is 2.43. The van der Waals surface area contributed by atoms with Crippen molar-refractivity contribution in [1.29, 1.82) is 0 Å². The molecule has 152 valence electrons. The van der Waals surface area contributed by atoms with E-state index < -0.39 is 0 Å². The zero-order valence-electron chi connectivity index (χ0n) is 17.2. The standard InChI is InChI=1S/C23H34N4O/c1-26-17-20(21-8-5-12-24-22(21)26)11-15-27-13-9-19(10-14-27)23(28)25-16-18-6-3-2-4-7-18/h5,8,12,17-19H,2-4,6-7,9-11,13-16H2,1H3,(H,25,28).